The van der Waals surface area contributed by atoms with Crippen LogP contribution >= 0.6 is 0 Å². The number of methoxy groups -OCH3 is 1. The zero-order chi connectivity index (χ0) is 40.6. The van der Waals surface area contributed by atoms with E-state index in [9.17, 15) is 45.6 Å². The van der Waals surface area contributed by atoms with Gasteiger partial charge >= 0.3 is 0 Å². The molecule has 3 saturated carbocycles. The lowest BCUT2D eigenvalue weighted by atomic mass is 9.47. The number of ether oxygens (including phenoxy) is 7. The first-order chi connectivity index (χ1) is 26.4. The van der Waals surface area contributed by atoms with Crippen molar-refractivity contribution in [2.75, 3.05) is 13.7 Å². The second-order valence-electron chi connectivity index (χ2n) is 18.2. The molecule has 0 radical (unpaired) electrons. The lowest BCUT2D eigenvalue weighted by Gasteiger charge is -2.58. The molecule has 16 nitrogen and oxygen atoms in total. The number of aliphatic hydroxyl groups is 8. The topological polar surface area (TPSA) is 244 Å². The van der Waals surface area contributed by atoms with Gasteiger partial charge in [0.15, 0.2) is 18.9 Å². The molecular weight excluding hydrogens is 736 g/mol. The second-order valence-corrected chi connectivity index (χ2v) is 18.2. The van der Waals surface area contributed by atoms with Gasteiger partial charge in [0.1, 0.15) is 66.8 Å². The molecule has 0 unspecified atom stereocenters. The average molecular weight is 801 g/mol. The Morgan fingerprint density at radius 3 is 1.95 bits per heavy atom. The number of rotatable bonds is 9. The SMILES string of the molecule is CO[C@H]1C[C@H]2[C@@H]3CC=C4C[C@@H](O[C@@H]5O[C@H](CO)[C@@H](O[C@@H]6O[C@@H](C)[C@H](O)[C@@H](O)[C@H]6O)[C@H](O)[C@H]5O[C@@H]5O[C@@H](C)[C@H](O)[C@@H](O)[C@H]5O)CC[C@]4(C)[C@H]3CC[C@]2(C)[C@H]1C(C)=O. The lowest BCUT2D eigenvalue weighted by molar-refractivity contribution is -0.388. The van der Waals surface area contributed by atoms with Gasteiger partial charge in [0, 0.05) is 13.0 Å². The summed E-state index contributed by atoms with van der Waals surface area (Å²) >= 11 is 0. The van der Waals surface area contributed by atoms with Crippen LogP contribution in [0.4, 0.5) is 0 Å². The number of ketones is 1. The van der Waals surface area contributed by atoms with Crippen LogP contribution in [-0.2, 0) is 38.0 Å². The minimum absolute atomic E-state index is 0.0719. The zero-order valence-corrected chi connectivity index (χ0v) is 33.2. The fraction of sp³-hybridized carbons (Fsp3) is 0.925. The summed E-state index contributed by atoms with van der Waals surface area (Å²) in [4.78, 5) is 12.9. The second kappa shape index (κ2) is 16.3. The van der Waals surface area contributed by atoms with E-state index in [4.69, 9.17) is 33.2 Å². The molecule has 0 aromatic heterocycles. The fourth-order valence-corrected chi connectivity index (χ4v) is 11.9. The van der Waals surface area contributed by atoms with Gasteiger partial charge in [0.2, 0.25) is 0 Å². The Labute approximate surface area is 328 Å². The van der Waals surface area contributed by atoms with Crippen LogP contribution in [0.15, 0.2) is 11.6 Å². The summed E-state index contributed by atoms with van der Waals surface area (Å²) in [5.74, 6) is 1.33. The van der Waals surface area contributed by atoms with E-state index < -0.39 is 105 Å². The molecule has 6 fully saturated rings. The maximum Gasteiger partial charge on any atom is 0.187 e. The lowest BCUT2D eigenvalue weighted by Crippen LogP contribution is -2.66. The van der Waals surface area contributed by atoms with Crippen molar-refractivity contribution in [3.05, 3.63) is 11.6 Å². The van der Waals surface area contributed by atoms with E-state index in [1.807, 2.05) is 0 Å². The first kappa shape index (κ1) is 42.9. The molecule has 7 rings (SSSR count). The van der Waals surface area contributed by atoms with Gasteiger partial charge in [0.05, 0.1) is 31.0 Å². The van der Waals surface area contributed by atoms with E-state index in [1.54, 1.807) is 14.0 Å². The predicted octanol–water partition coefficient (Wildman–Crippen LogP) is -0.332. The first-order valence-corrected chi connectivity index (χ1v) is 20.5. The largest absolute Gasteiger partial charge is 0.394 e. The summed E-state index contributed by atoms with van der Waals surface area (Å²) in [6, 6.07) is 0. The molecule has 4 aliphatic carbocycles. The van der Waals surface area contributed by atoms with Crippen molar-refractivity contribution < 1.29 is 78.8 Å². The van der Waals surface area contributed by atoms with Gasteiger partial charge in [-0.05, 0) is 94.3 Å². The Balaban J connectivity index is 1.11. The number of carbonyl (C=O) groups excluding carboxylic acids is 1. The van der Waals surface area contributed by atoms with Crippen LogP contribution in [0.25, 0.3) is 0 Å². The monoisotopic (exact) mass is 800 g/mol. The molecule has 0 bridgehead atoms. The third-order valence-corrected chi connectivity index (χ3v) is 15.1. The molecule has 3 heterocycles. The molecule has 0 aromatic rings. The van der Waals surface area contributed by atoms with Gasteiger partial charge in [-0.15, -0.1) is 0 Å². The van der Waals surface area contributed by atoms with Gasteiger partial charge < -0.3 is 74.0 Å². The van der Waals surface area contributed by atoms with Crippen molar-refractivity contribution in [3.8, 4) is 0 Å². The van der Waals surface area contributed by atoms with Crippen LogP contribution in [0, 0.1) is 34.5 Å². The van der Waals surface area contributed by atoms with E-state index in [2.05, 4.69) is 19.9 Å². The van der Waals surface area contributed by atoms with Crippen LogP contribution in [0.1, 0.15) is 79.6 Å². The number of hydrogen-bond donors (Lipinski definition) is 8. The molecular formula is C40H64O16. The number of fused-ring (bicyclic) bond motifs is 5. The van der Waals surface area contributed by atoms with Crippen LogP contribution < -0.4 is 0 Å². The van der Waals surface area contributed by atoms with Crippen LogP contribution in [0.2, 0.25) is 0 Å². The quantitative estimate of drug-likeness (QED) is 0.139. The molecule has 56 heavy (non-hydrogen) atoms. The number of Topliss-reactive ketones (excluding diaryl/α,β-unsaturated/α-hetero) is 1. The van der Waals surface area contributed by atoms with Crippen LogP contribution in [0.5, 0.6) is 0 Å². The van der Waals surface area contributed by atoms with E-state index in [1.165, 1.54) is 19.4 Å². The minimum Gasteiger partial charge on any atom is -0.394 e. The Kier molecular flexibility index (Phi) is 12.5. The molecule has 7 aliphatic rings. The van der Waals surface area contributed by atoms with Gasteiger partial charge in [-0.1, -0.05) is 25.5 Å². The summed E-state index contributed by atoms with van der Waals surface area (Å²) in [7, 11) is 1.71. The van der Waals surface area contributed by atoms with Crippen molar-refractivity contribution in [3.63, 3.8) is 0 Å². The Morgan fingerprint density at radius 1 is 0.768 bits per heavy atom. The van der Waals surface area contributed by atoms with Crippen LogP contribution in [-0.4, -0.2) is 165 Å². The van der Waals surface area contributed by atoms with Crippen molar-refractivity contribution >= 4 is 5.78 Å². The molecule has 23 atom stereocenters. The summed E-state index contributed by atoms with van der Waals surface area (Å²) in [6.07, 6.45) is -13.9. The summed E-state index contributed by atoms with van der Waals surface area (Å²) in [5, 5.41) is 85.4. The van der Waals surface area contributed by atoms with Crippen molar-refractivity contribution in [1.82, 2.24) is 0 Å². The zero-order valence-electron chi connectivity index (χ0n) is 33.2. The van der Waals surface area contributed by atoms with Crippen molar-refractivity contribution in [1.29, 1.82) is 0 Å². The van der Waals surface area contributed by atoms with Crippen molar-refractivity contribution in [2.45, 2.75) is 184 Å². The Morgan fingerprint density at radius 2 is 1.38 bits per heavy atom. The molecule has 0 spiro atoms. The highest BCUT2D eigenvalue weighted by Crippen LogP contribution is 2.66. The van der Waals surface area contributed by atoms with E-state index in [0.29, 0.717) is 30.6 Å². The third kappa shape index (κ3) is 7.25. The summed E-state index contributed by atoms with van der Waals surface area (Å²) in [6.45, 7) is 8.64. The maximum atomic E-state index is 12.9. The van der Waals surface area contributed by atoms with Crippen LogP contribution in [0.3, 0.4) is 0 Å². The third-order valence-electron chi connectivity index (χ3n) is 15.1. The minimum atomic E-state index is -1.72. The average Bonchev–Trinajstić information content (AvgIpc) is 3.49. The molecule has 3 saturated heterocycles. The number of carbonyl (C=O) groups is 1. The molecule has 0 amide bonds. The van der Waals surface area contributed by atoms with E-state index in [-0.39, 0.29) is 28.6 Å². The predicted molar refractivity (Wildman–Crippen MR) is 193 cm³/mol. The Hall–Kier alpha value is -1.19. The highest BCUT2D eigenvalue weighted by Gasteiger charge is 2.63. The first-order valence-electron chi connectivity index (χ1n) is 20.5. The summed E-state index contributed by atoms with van der Waals surface area (Å²) < 4.78 is 42.2. The van der Waals surface area contributed by atoms with Gasteiger partial charge in [-0.25, -0.2) is 0 Å². The molecule has 320 valence electrons. The number of aliphatic hydroxyl groups excluding tert-OH is 8. The standard InChI is InChI=1S/C40H64O16/c1-16(42)26-24(50-6)14-23-21-8-7-19-13-20(9-11-39(19,4)22(21)10-12-40(23,26)5)53-38-35(56-37-32(48)30(46)28(44)18(3)52-37)33(49)34(25(15-41)54-38)55-36-31(47)29(45)27(43)17(2)51-36/h7,17-18,20-38,41,43-49H,8-15H2,1-6H3/t17-,18-,20-,21+,22-,23-,24-,25+,26-,27-,28-,29+,30+,31+,32+,33-,34+,35+,36-,37-,38+,39-,40-/m0/s1. The van der Waals surface area contributed by atoms with Gasteiger partial charge in [-0.3, -0.25) is 4.79 Å². The van der Waals surface area contributed by atoms with Gasteiger partial charge in [0.25, 0.3) is 0 Å². The number of allylic oxidation sites excluding steroid dienone is 1. The molecule has 8 N–H and O–H groups in total. The smallest absolute Gasteiger partial charge is 0.187 e. The Bertz CT molecular complexity index is 1430. The number of hydrogen-bond acceptors (Lipinski definition) is 16. The molecule has 16 heteroatoms. The van der Waals surface area contributed by atoms with E-state index >= 15 is 0 Å². The highest BCUT2D eigenvalue weighted by molar-refractivity contribution is 5.80. The van der Waals surface area contributed by atoms with E-state index in [0.717, 1.165) is 32.1 Å². The maximum absolute atomic E-state index is 12.9. The molecule has 0 aromatic carbocycles. The molecule has 3 aliphatic heterocycles. The normalized spacial score (nSPS) is 54.8. The summed E-state index contributed by atoms with van der Waals surface area (Å²) in [5.41, 5.74) is 1.10. The fourth-order valence-electron chi connectivity index (χ4n) is 11.9. The van der Waals surface area contributed by atoms with Gasteiger partial charge in [-0.2, -0.15) is 0 Å². The highest BCUT2D eigenvalue weighted by atomic mass is 16.8. The van der Waals surface area contributed by atoms with Crippen molar-refractivity contribution in [2.24, 2.45) is 34.5 Å².